The van der Waals surface area contributed by atoms with E-state index >= 15 is 0 Å². The van der Waals surface area contributed by atoms with Gasteiger partial charge in [0.25, 0.3) is 0 Å². The first kappa shape index (κ1) is 72.5. The highest BCUT2D eigenvalue weighted by atomic mass is 16.6. The number of carbonyl (C=O) groups is 3. The molecule has 0 radical (unpaired) electrons. The summed E-state index contributed by atoms with van der Waals surface area (Å²) in [5.74, 6) is -1.04. The lowest BCUT2D eigenvalue weighted by Gasteiger charge is -2.18. The summed E-state index contributed by atoms with van der Waals surface area (Å²) in [6.45, 7) is 6.29. The van der Waals surface area contributed by atoms with Crippen molar-refractivity contribution in [2.24, 2.45) is 0 Å². The predicted octanol–water partition coefficient (Wildman–Crippen LogP) is 21.3. The quantitative estimate of drug-likeness (QED) is 0.0261. The van der Waals surface area contributed by atoms with Gasteiger partial charge in [-0.25, -0.2) is 0 Å². The van der Waals surface area contributed by atoms with E-state index in [4.69, 9.17) is 14.2 Å². The van der Waals surface area contributed by atoms with Crippen molar-refractivity contribution in [1.82, 2.24) is 0 Å². The smallest absolute Gasteiger partial charge is 0.306 e. The number of carbonyl (C=O) groups excluding carboxylic acids is 3. The summed E-state index contributed by atoms with van der Waals surface area (Å²) in [7, 11) is 0. The Morgan fingerprint density at radius 2 is 0.513 bits per heavy atom. The average molecular weight is 1070 g/mol. The third-order valence-corrected chi connectivity index (χ3v) is 12.2. The number of ether oxygens (including phenoxy) is 3. The first-order valence-electron chi connectivity index (χ1n) is 30.8. The summed E-state index contributed by atoms with van der Waals surface area (Å²) in [5.41, 5.74) is 0. The van der Waals surface area contributed by atoms with Crippen LogP contribution < -0.4 is 0 Å². The molecule has 0 aliphatic carbocycles. The zero-order chi connectivity index (χ0) is 56.4. The van der Waals surface area contributed by atoms with Crippen LogP contribution in [0.2, 0.25) is 0 Å². The lowest BCUT2D eigenvalue weighted by Crippen LogP contribution is -2.30. The third kappa shape index (κ3) is 61.4. The van der Waals surface area contributed by atoms with Crippen LogP contribution in [0.5, 0.6) is 0 Å². The Morgan fingerprint density at radius 3 is 0.833 bits per heavy atom. The van der Waals surface area contributed by atoms with Crippen molar-refractivity contribution in [2.75, 3.05) is 13.2 Å². The van der Waals surface area contributed by atoms with Crippen LogP contribution in [0.1, 0.15) is 233 Å². The van der Waals surface area contributed by atoms with Crippen LogP contribution >= 0.6 is 0 Å². The molecule has 0 aliphatic rings. The van der Waals surface area contributed by atoms with Crippen molar-refractivity contribution in [3.05, 3.63) is 182 Å². The molecule has 0 bridgehead atoms. The van der Waals surface area contributed by atoms with Crippen molar-refractivity contribution in [2.45, 2.75) is 239 Å². The molecule has 0 heterocycles. The summed E-state index contributed by atoms with van der Waals surface area (Å²) in [5, 5.41) is 0. The van der Waals surface area contributed by atoms with E-state index in [-0.39, 0.29) is 44.0 Å². The summed E-state index contributed by atoms with van der Waals surface area (Å²) >= 11 is 0. The van der Waals surface area contributed by atoms with E-state index in [1.165, 1.54) is 44.9 Å². The van der Waals surface area contributed by atoms with Gasteiger partial charge in [-0.05, 0) is 135 Å². The van der Waals surface area contributed by atoms with E-state index < -0.39 is 6.10 Å². The van der Waals surface area contributed by atoms with Crippen LogP contribution in [0.25, 0.3) is 0 Å². The Labute approximate surface area is 478 Å². The molecular weight excluding hydrogens is 961 g/mol. The van der Waals surface area contributed by atoms with Gasteiger partial charge >= 0.3 is 17.9 Å². The average Bonchev–Trinajstić information content (AvgIpc) is 3.44. The van der Waals surface area contributed by atoms with E-state index in [0.717, 1.165) is 135 Å². The number of esters is 3. The Balaban J connectivity index is 4.49. The second kappa shape index (κ2) is 64.0. The second-order valence-corrected chi connectivity index (χ2v) is 19.5. The predicted molar refractivity (Wildman–Crippen MR) is 338 cm³/mol. The number of hydrogen-bond donors (Lipinski definition) is 0. The Hall–Kier alpha value is -5.49. The summed E-state index contributed by atoms with van der Waals surface area (Å²) < 4.78 is 16.8. The highest BCUT2D eigenvalue weighted by Crippen LogP contribution is 2.13. The van der Waals surface area contributed by atoms with Crippen LogP contribution in [0.15, 0.2) is 182 Å². The Bertz CT molecular complexity index is 1850. The maximum atomic E-state index is 12.9. The first-order valence-corrected chi connectivity index (χ1v) is 30.8. The van der Waals surface area contributed by atoms with E-state index in [1.54, 1.807) is 0 Å². The second-order valence-electron chi connectivity index (χ2n) is 19.5. The Morgan fingerprint density at radius 1 is 0.269 bits per heavy atom. The molecule has 0 fully saturated rings. The molecule has 0 amide bonds. The van der Waals surface area contributed by atoms with Crippen molar-refractivity contribution in [3.63, 3.8) is 0 Å². The van der Waals surface area contributed by atoms with Crippen molar-refractivity contribution >= 4 is 17.9 Å². The molecular formula is C72H110O6. The lowest BCUT2D eigenvalue weighted by molar-refractivity contribution is -0.167. The summed E-state index contributed by atoms with van der Waals surface area (Å²) in [6, 6.07) is 0. The van der Waals surface area contributed by atoms with E-state index in [1.807, 2.05) is 0 Å². The van der Waals surface area contributed by atoms with Gasteiger partial charge in [-0.3, -0.25) is 14.4 Å². The van der Waals surface area contributed by atoms with Gasteiger partial charge in [0.1, 0.15) is 13.2 Å². The van der Waals surface area contributed by atoms with Crippen molar-refractivity contribution in [1.29, 1.82) is 0 Å². The summed E-state index contributed by atoms with van der Waals surface area (Å²) in [4.78, 5) is 38.1. The molecule has 0 aliphatic heterocycles. The molecule has 6 heteroatoms. The molecule has 434 valence electrons. The van der Waals surface area contributed by atoms with E-state index in [0.29, 0.717) is 19.3 Å². The number of rotatable bonds is 53. The van der Waals surface area contributed by atoms with Crippen molar-refractivity contribution in [3.8, 4) is 0 Å². The molecule has 0 N–H and O–H groups in total. The minimum Gasteiger partial charge on any atom is -0.462 e. The molecule has 1 atom stereocenters. The molecule has 0 aromatic heterocycles. The highest BCUT2D eigenvalue weighted by molar-refractivity contribution is 5.71. The van der Waals surface area contributed by atoms with Gasteiger partial charge in [-0.2, -0.15) is 0 Å². The Kier molecular flexibility index (Phi) is 59.5. The molecule has 0 saturated heterocycles. The SMILES string of the molecule is CC/C=C\C/C=C\C/C=C\C/C=C\C/C=C\C/C=C\C/C=C\C/C=C\C/C=C\CCCC(=O)OCC(COC(=O)CCCCCCCCCCCC)OC(=O)CCCC/C=C\C/C=C\C/C=C\C/C=C\C/C=C\C/C=C\CC. The molecule has 0 saturated carbocycles. The standard InChI is InChI=1S/C72H110O6/c1-4-7-10-13-16-19-22-24-26-28-30-32-33-34-35-36-37-38-39-41-42-44-46-48-50-53-56-59-62-65-71(74)77-68-69(67-76-70(73)64-61-58-55-52-21-18-15-12-9-6-3)78-72(75)66-63-60-57-54-51-49-47-45-43-40-31-29-27-25-23-20-17-14-11-8-5-2/h7-8,10-11,16-17,19-20,24-27,30-32,34-35,37-38,40-42,45-48,51,53-54,56,69H,4-6,9,12-15,18,21-23,28-29,33,36,39,43-44,49-50,52,55,57-68H2,1-3H3/b10-7-,11-8-,19-16-,20-17-,26-24-,27-25-,32-30-,35-34-,38-37-,40-31-,42-41-,47-45-,48-46-,54-51-,56-53-. The number of allylic oxidation sites excluding steroid dienone is 30. The van der Waals surface area contributed by atoms with Crippen LogP contribution in [0.3, 0.4) is 0 Å². The van der Waals surface area contributed by atoms with Gasteiger partial charge in [0.05, 0.1) is 0 Å². The van der Waals surface area contributed by atoms with Gasteiger partial charge in [0.2, 0.25) is 0 Å². The van der Waals surface area contributed by atoms with Crippen molar-refractivity contribution < 1.29 is 28.6 Å². The fourth-order valence-corrected chi connectivity index (χ4v) is 7.62. The van der Waals surface area contributed by atoms with Gasteiger partial charge < -0.3 is 14.2 Å². The molecule has 0 rings (SSSR count). The molecule has 1 unspecified atom stereocenters. The van der Waals surface area contributed by atoms with E-state index in [9.17, 15) is 14.4 Å². The molecule has 78 heavy (non-hydrogen) atoms. The number of unbranched alkanes of at least 4 members (excludes halogenated alkanes) is 12. The van der Waals surface area contributed by atoms with Crippen LogP contribution in [-0.2, 0) is 28.6 Å². The maximum Gasteiger partial charge on any atom is 0.306 e. The first-order chi connectivity index (χ1) is 38.5. The fourth-order valence-electron chi connectivity index (χ4n) is 7.62. The largest absolute Gasteiger partial charge is 0.462 e. The van der Waals surface area contributed by atoms with Gasteiger partial charge in [0.15, 0.2) is 6.10 Å². The summed E-state index contributed by atoms with van der Waals surface area (Å²) in [6.07, 6.45) is 96.2. The third-order valence-electron chi connectivity index (χ3n) is 12.2. The topological polar surface area (TPSA) is 78.9 Å². The normalized spacial score (nSPS) is 13.4. The van der Waals surface area contributed by atoms with Gasteiger partial charge in [-0.15, -0.1) is 0 Å². The van der Waals surface area contributed by atoms with Crippen LogP contribution in [-0.4, -0.2) is 37.2 Å². The number of hydrogen-bond acceptors (Lipinski definition) is 6. The molecule has 0 spiro atoms. The molecule has 6 nitrogen and oxygen atoms in total. The monoisotopic (exact) mass is 1070 g/mol. The molecule has 0 aromatic rings. The van der Waals surface area contributed by atoms with Crippen LogP contribution in [0.4, 0.5) is 0 Å². The zero-order valence-corrected chi connectivity index (χ0v) is 49.6. The van der Waals surface area contributed by atoms with Crippen LogP contribution in [0, 0.1) is 0 Å². The lowest BCUT2D eigenvalue weighted by atomic mass is 10.1. The van der Waals surface area contributed by atoms with E-state index in [2.05, 4.69) is 203 Å². The highest BCUT2D eigenvalue weighted by Gasteiger charge is 2.19. The fraction of sp³-hybridized carbons (Fsp3) is 0.542. The minimum atomic E-state index is -0.834. The zero-order valence-electron chi connectivity index (χ0n) is 49.6. The van der Waals surface area contributed by atoms with Gasteiger partial charge in [0, 0.05) is 19.3 Å². The maximum absolute atomic E-state index is 12.9. The minimum absolute atomic E-state index is 0.121. The van der Waals surface area contributed by atoms with Gasteiger partial charge in [-0.1, -0.05) is 261 Å². The molecule has 0 aromatic carbocycles.